The molecule has 4 aromatic carbocycles. The van der Waals surface area contributed by atoms with Crippen molar-refractivity contribution in [2.45, 2.75) is 69.8 Å². The second kappa shape index (κ2) is 11.8. The highest BCUT2D eigenvalue weighted by molar-refractivity contribution is 6.42. The Morgan fingerprint density at radius 3 is 1.71 bits per heavy atom. The summed E-state index contributed by atoms with van der Waals surface area (Å²) in [6.07, 6.45) is 7.61. The molecule has 0 radical (unpaired) electrons. The van der Waals surface area contributed by atoms with Crippen LogP contribution in [0.4, 0.5) is 11.4 Å². The first kappa shape index (κ1) is 30.2. The van der Waals surface area contributed by atoms with Crippen LogP contribution in [0.5, 0.6) is 5.75 Å². The van der Waals surface area contributed by atoms with Crippen molar-refractivity contribution in [3.05, 3.63) is 101 Å². The molecular weight excluding hydrogens is 608 g/mol. The van der Waals surface area contributed by atoms with Crippen LogP contribution >= 0.6 is 0 Å². The standard InChI is InChI=1S/C39H34N2O7/c42-32(24-8-3-4-9-24)21-33(43)48-27-11-5-10-26(20-27)41-38(46)30-18-16-28-34-29(17-19-31(35(30)34)39(41)47)37(45)40(36(28)44)25-14-12-23(13-15-25)22-6-1-2-7-22/h5,10-20,22,24,32,42H,1-4,6-9,21H2. The van der Waals surface area contributed by atoms with E-state index in [-0.39, 0.29) is 51.4 Å². The SMILES string of the molecule is O=C(CC(O)C1CCCC1)Oc1cccc(N2C(=O)c3ccc4c5c(ccc(c35)C2=O)C(=O)N(c2ccc(C3CCCC3)cc2)C4=O)c1. The topological polar surface area (TPSA) is 121 Å². The summed E-state index contributed by atoms with van der Waals surface area (Å²) in [5.41, 5.74) is 2.73. The van der Waals surface area contributed by atoms with Gasteiger partial charge in [0.25, 0.3) is 23.6 Å². The first-order chi connectivity index (χ1) is 23.3. The molecule has 4 aliphatic rings. The van der Waals surface area contributed by atoms with Crippen LogP contribution in [-0.2, 0) is 4.79 Å². The Kier molecular flexibility index (Phi) is 7.44. The summed E-state index contributed by atoms with van der Waals surface area (Å²) in [5.74, 6) is -2.16. The Balaban J connectivity index is 1.08. The second-order valence-electron chi connectivity index (χ2n) is 13.3. The quantitative estimate of drug-likeness (QED) is 0.132. The zero-order chi connectivity index (χ0) is 33.1. The molecular formula is C39H34N2O7. The Labute approximate surface area is 277 Å². The summed E-state index contributed by atoms with van der Waals surface area (Å²) in [4.78, 5) is 70.4. The Hall–Kier alpha value is -5.15. The van der Waals surface area contributed by atoms with E-state index in [1.807, 2.05) is 24.3 Å². The number of amides is 4. The van der Waals surface area contributed by atoms with Crippen molar-refractivity contribution >= 4 is 51.7 Å². The van der Waals surface area contributed by atoms with Gasteiger partial charge in [-0.05, 0) is 91.6 Å². The van der Waals surface area contributed by atoms with Crippen LogP contribution in [0.15, 0.2) is 72.8 Å². The van der Waals surface area contributed by atoms with E-state index in [4.69, 9.17) is 4.74 Å². The van der Waals surface area contributed by atoms with Crippen molar-refractivity contribution in [1.29, 1.82) is 0 Å². The molecule has 0 bridgehead atoms. The van der Waals surface area contributed by atoms with Gasteiger partial charge in [-0.2, -0.15) is 0 Å². The van der Waals surface area contributed by atoms with Gasteiger partial charge in [-0.1, -0.05) is 43.9 Å². The molecule has 48 heavy (non-hydrogen) atoms. The van der Waals surface area contributed by atoms with Crippen LogP contribution in [0.25, 0.3) is 10.8 Å². The lowest BCUT2D eigenvalue weighted by Gasteiger charge is -2.32. The van der Waals surface area contributed by atoms with Gasteiger partial charge in [-0.3, -0.25) is 24.0 Å². The number of rotatable bonds is 7. The zero-order valence-corrected chi connectivity index (χ0v) is 26.3. The number of carbonyl (C=O) groups excluding carboxylic acids is 5. The Morgan fingerprint density at radius 1 is 0.667 bits per heavy atom. The fourth-order valence-electron chi connectivity index (χ4n) is 8.04. The van der Waals surface area contributed by atoms with Crippen molar-refractivity contribution in [1.82, 2.24) is 0 Å². The molecule has 0 saturated heterocycles. The van der Waals surface area contributed by atoms with Crippen LogP contribution < -0.4 is 14.5 Å². The number of nitrogens with zero attached hydrogens (tertiary/aromatic N) is 2. The summed E-state index contributed by atoms with van der Waals surface area (Å²) < 4.78 is 5.50. The van der Waals surface area contributed by atoms with E-state index < -0.39 is 35.7 Å². The first-order valence-electron chi connectivity index (χ1n) is 16.8. The second-order valence-corrected chi connectivity index (χ2v) is 13.3. The number of hydrogen-bond acceptors (Lipinski definition) is 7. The minimum absolute atomic E-state index is 0.0816. The number of esters is 1. The van der Waals surface area contributed by atoms with E-state index in [9.17, 15) is 29.1 Å². The van der Waals surface area contributed by atoms with Crippen molar-refractivity contribution in [3.8, 4) is 5.75 Å². The van der Waals surface area contributed by atoms with Gasteiger partial charge < -0.3 is 9.84 Å². The lowest BCUT2D eigenvalue weighted by Crippen LogP contribution is -2.43. The number of anilines is 2. The molecule has 1 unspecified atom stereocenters. The van der Waals surface area contributed by atoms with Crippen LogP contribution in [-0.4, -0.2) is 40.8 Å². The lowest BCUT2D eigenvalue weighted by molar-refractivity contribution is -0.137. The highest BCUT2D eigenvalue weighted by Gasteiger charge is 2.41. The van der Waals surface area contributed by atoms with Crippen molar-refractivity contribution in [2.75, 3.05) is 9.80 Å². The van der Waals surface area contributed by atoms with Gasteiger partial charge in [0.1, 0.15) is 5.75 Å². The van der Waals surface area contributed by atoms with E-state index in [1.54, 1.807) is 30.3 Å². The third kappa shape index (κ3) is 4.92. The monoisotopic (exact) mass is 642 g/mol. The summed E-state index contributed by atoms with van der Waals surface area (Å²) in [6.45, 7) is 0. The molecule has 1 N–H and O–H groups in total. The van der Waals surface area contributed by atoms with Crippen LogP contribution in [0, 0.1) is 5.92 Å². The van der Waals surface area contributed by atoms with E-state index in [2.05, 4.69) is 0 Å². The van der Waals surface area contributed by atoms with Gasteiger partial charge >= 0.3 is 5.97 Å². The number of aliphatic hydroxyl groups excluding tert-OH is 1. The molecule has 9 nitrogen and oxygen atoms in total. The minimum atomic E-state index is -0.778. The van der Waals surface area contributed by atoms with E-state index in [0.717, 1.165) is 48.3 Å². The number of aliphatic hydroxyl groups is 1. The predicted molar refractivity (Wildman–Crippen MR) is 179 cm³/mol. The number of ether oxygens (including phenoxy) is 1. The molecule has 1 atom stereocenters. The largest absolute Gasteiger partial charge is 0.426 e. The number of hydrogen-bond donors (Lipinski definition) is 1. The number of imide groups is 2. The minimum Gasteiger partial charge on any atom is -0.426 e. The molecule has 4 aromatic rings. The Morgan fingerprint density at radius 2 is 1.17 bits per heavy atom. The maximum absolute atomic E-state index is 13.9. The third-order valence-electron chi connectivity index (χ3n) is 10.5. The molecule has 0 spiro atoms. The van der Waals surface area contributed by atoms with Gasteiger partial charge in [0.05, 0.1) is 23.9 Å². The average molecular weight is 643 g/mol. The molecule has 8 rings (SSSR count). The van der Waals surface area contributed by atoms with Crippen LogP contribution in [0.3, 0.4) is 0 Å². The maximum Gasteiger partial charge on any atom is 0.313 e. The number of benzene rings is 4. The van der Waals surface area contributed by atoms with Gasteiger partial charge in [0.15, 0.2) is 0 Å². The molecule has 2 fully saturated rings. The average Bonchev–Trinajstić information content (AvgIpc) is 3.83. The van der Waals surface area contributed by atoms with E-state index in [1.165, 1.54) is 36.6 Å². The molecule has 9 heteroatoms. The van der Waals surface area contributed by atoms with E-state index in [0.29, 0.717) is 17.0 Å². The maximum atomic E-state index is 13.9. The van der Waals surface area contributed by atoms with Crippen LogP contribution in [0.1, 0.15) is 111 Å². The highest BCUT2D eigenvalue weighted by Crippen LogP contribution is 2.41. The molecule has 2 aliphatic heterocycles. The predicted octanol–water partition coefficient (Wildman–Crippen LogP) is 6.95. The summed E-state index contributed by atoms with van der Waals surface area (Å²) in [6, 6.07) is 19.9. The van der Waals surface area contributed by atoms with Gasteiger partial charge in [0, 0.05) is 39.1 Å². The molecule has 2 heterocycles. The normalized spacial score (nSPS) is 18.7. The summed E-state index contributed by atoms with van der Waals surface area (Å²) in [7, 11) is 0. The highest BCUT2D eigenvalue weighted by atomic mass is 16.5. The van der Waals surface area contributed by atoms with Gasteiger partial charge in [-0.15, -0.1) is 0 Å². The lowest BCUT2D eigenvalue weighted by atomic mass is 9.85. The fourth-order valence-corrected chi connectivity index (χ4v) is 8.04. The smallest absolute Gasteiger partial charge is 0.313 e. The fraction of sp³-hybridized carbons (Fsp3) is 0.308. The Bertz CT molecular complexity index is 1950. The third-order valence-corrected chi connectivity index (χ3v) is 10.5. The molecule has 242 valence electrons. The van der Waals surface area contributed by atoms with Crippen LogP contribution in [0.2, 0.25) is 0 Å². The van der Waals surface area contributed by atoms with Gasteiger partial charge in [-0.25, -0.2) is 9.80 Å². The molecule has 2 saturated carbocycles. The molecule has 2 aliphatic carbocycles. The van der Waals surface area contributed by atoms with E-state index >= 15 is 0 Å². The zero-order valence-electron chi connectivity index (χ0n) is 26.3. The summed E-state index contributed by atoms with van der Waals surface area (Å²) >= 11 is 0. The van der Waals surface area contributed by atoms with Crippen molar-refractivity contribution < 1.29 is 33.8 Å². The number of carbonyl (C=O) groups is 5. The molecule has 0 aromatic heterocycles. The van der Waals surface area contributed by atoms with Crippen molar-refractivity contribution in [3.63, 3.8) is 0 Å². The van der Waals surface area contributed by atoms with Gasteiger partial charge in [0.2, 0.25) is 0 Å². The van der Waals surface area contributed by atoms with Crippen molar-refractivity contribution in [2.24, 2.45) is 5.92 Å². The first-order valence-corrected chi connectivity index (χ1v) is 16.8. The summed E-state index contributed by atoms with van der Waals surface area (Å²) in [5, 5.41) is 11.0. The molecule has 4 amide bonds.